The third-order valence-corrected chi connectivity index (χ3v) is 4.02. The Hall–Kier alpha value is -1.40. The number of hydrogen-bond acceptors (Lipinski definition) is 6. The zero-order valence-electron chi connectivity index (χ0n) is 11.5. The van der Waals surface area contributed by atoms with Crippen LogP contribution in [0.5, 0.6) is 0 Å². The summed E-state index contributed by atoms with van der Waals surface area (Å²) in [7, 11) is 0. The van der Waals surface area contributed by atoms with Gasteiger partial charge in [0, 0.05) is 6.54 Å². The van der Waals surface area contributed by atoms with Gasteiger partial charge in [0.25, 0.3) is 0 Å². The van der Waals surface area contributed by atoms with E-state index < -0.39 is 0 Å². The molecule has 3 N–H and O–H groups in total. The molecule has 1 unspecified atom stereocenters. The molecule has 5 nitrogen and oxygen atoms in total. The molecule has 0 aliphatic rings. The van der Waals surface area contributed by atoms with E-state index in [-0.39, 0.29) is 12.1 Å². The summed E-state index contributed by atoms with van der Waals surface area (Å²) >= 11 is 1.59. The summed E-state index contributed by atoms with van der Waals surface area (Å²) in [6.07, 6.45) is 0.815. The number of aliphatic hydroxyl groups is 1. The number of thiophene rings is 1. The summed E-state index contributed by atoms with van der Waals surface area (Å²) in [4.78, 5) is 9.92. The Morgan fingerprint density at radius 1 is 1.37 bits per heavy atom. The summed E-state index contributed by atoms with van der Waals surface area (Å²) < 4.78 is 0. The van der Waals surface area contributed by atoms with E-state index in [1.165, 1.54) is 0 Å². The molecule has 104 valence electrons. The summed E-state index contributed by atoms with van der Waals surface area (Å²) in [6.45, 7) is 6.89. The molecule has 0 aliphatic carbocycles. The standard InChI is InChI=1S/C13H20N4OS/c1-4-13(3,8-18)17-10-9-6-7-19-11(9)16-12(15-10)14-5-2/h6-7,18H,4-5,8H2,1-3H3,(H2,14,15,16,17). The van der Waals surface area contributed by atoms with Gasteiger partial charge in [-0.1, -0.05) is 6.92 Å². The average Bonchev–Trinajstić information content (AvgIpc) is 2.87. The van der Waals surface area contributed by atoms with Gasteiger partial charge in [-0.05, 0) is 31.7 Å². The summed E-state index contributed by atoms with van der Waals surface area (Å²) in [5.74, 6) is 1.40. The highest BCUT2D eigenvalue weighted by Crippen LogP contribution is 2.29. The Morgan fingerprint density at radius 2 is 2.16 bits per heavy atom. The molecule has 1 atom stereocenters. The third kappa shape index (κ3) is 2.96. The van der Waals surface area contributed by atoms with Gasteiger partial charge in [-0.15, -0.1) is 11.3 Å². The number of rotatable bonds is 6. The van der Waals surface area contributed by atoms with Gasteiger partial charge in [-0.2, -0.15) is 4.98 Å². The van der Waals surface area contributed by atoms with Crippen LogP contribution in [-0.2, 0) is 0 Å². The Labute approximate surface area is 117 Å². The van der Waals surface area contributed by atoms with Crippen LogP contribution in [0.2, 0.25) is 0 Å². The number of hydrogen-bond donors (Lipinski definition) is 3. The summed E-state index contributed by atoms with van der Waals surface area (Å²) in [6, 6.07) is 2.01. The molecule has 0 saturated heterocycles. The zero-order valence-corrected chi connectivity index (χ0v) is 12.3. The van der Waals surface area contributed by atoms with Crippen molar-refractivity contribution in [1.29, 1.82) is 0 Å². The molecule has 6 heteroatoms. The molecule has 0 bridgehead atoms. The van der Waals surface area contributed by atoms with Crippen LogP contribution in [0.1, 0.15) is 27.2 Å². The van der Waals surface area contributed by atoms with Gasteiger partial charge in [0.15, 0.2) is 0 Å². The first-order chi connectivity index (χ1) is 9.11. The SMILES string of the molecule is CCNc1nc(NC(C)(CC)CO)c2ccsc2n1. The van der Waals surface area contributed by atoms with Crippen LogP contribution in [0.4, 0.5) is 11.8 Å². The van der Waals surface area contributed by atoms with Crippen LogP contribution in [0.15, 0.2) is 11.4 Å². The molecular formula is C13H20N4OS. The van der Waals surface area contributed by atoms with Crippen LogP contribution < -0.4 is 10.6 Å². The number of fused-ring (bicyclic) bond motifs is 1. The van der Waals surface area contributed by atoms with E-state index in [4.69, 9.17) is 0 Å². The predicted octanol–water partition coefficient (Wildman–Crippen LogP) is 2.70. The number of aromatic nitrogens is 2. The Bertz CT molecular complexity index is 551. The highest BCUT2D eigenvalue weighted by molar-refractivity contribution is 7.16. The summed E-state index contributed by atoms with van der Waals surface area (Å²) in [5.41, 5.74) is -0.368. The fraction of sp³-hybridized carbons (Fsp3) is 0.538. The van der Waals surface area contributed by atoms with Crippen LogP contribution in [0.25, 0.3) is 10.2 Å². The molecule has 0 aromatic carbocycles. The van der Waals surface area contributed by atoms with Gasteiger partial charge < -0.3 is 15.7 Å². The molecule has 0 fully saturated rings. The molecule has 0 radical (unpaired) electrons. The Kier molecular flexibility index (Phi) is 4.21. The van der Waals surface area contributed by atoms with E-state index in [0.29, 0.717) is 5.95 Å². The van der Waals surface area contributed by atoms with Crippen molar-refractivity contribution in [3.05, 3.63) is 11.4 Å². The second-order valence-electron chi connectivity index (χ2n) is 4.76. The molecule has 2 rings (SSSR count). The van der Waals surface area contributed by atoms with E-state index in [9.17, 15) is 5.11 Å². The molecular weight excluding hydrogens is 260 g/mol. The minimum atomic E-state index is -0.368. The maximum atomic E-state index is 9.52. The maximum absolute atomic E-state index is 9.52. The van der Waals surface area contributed by atoms with E-state index in [1.807, 2.05) is 32.2 Å². The van der Waals surface area contributed by atoms with Crippen LogP contribution in [-0.4, -0.2) is 33.8 Å². The van der Waals surface area contributed by atoms with Gasteiger partial charge in [0.2, 0.25) is 5.95 Å². The van der Waals surface area contributed by atoms with Crippen molar-refractivity contribution in [2.75, 3.05) is 23.8 Å². The fourth-order valence-electron chi connectivity index (χ4n) is 1.71. The van der Waals surface area contributed by atoms with Gasteiger partial charge in [-0.3, -0.25) is 0 Å². The van der Waals surface area contributed by atoms with Crippen molar-refractivity contribution in [1.82, 2.24) is 9.97 Å². The monoisotopic (exact) mass is 280 g/mol. The highest BCUT2D eigenvalue weighted by Gasteiger charge is 2.22. The maximum Gasteiger partial charge on any atom is 0.226 e. The van der Waals surface area contributed by atoms with E-state index in [2.05, 4.69) is 20.6 Å². The first-order valence-corrected chi connectivity index (χ1v) is 7.38. The van der Waals surface area contributed by atoms with Crippen molar-refractivity contribution in [3.63, 3.8) is 0 Å². The van der Waals surface area contributed by atoms with E-state index >= 15 is 0 Å². The number of nitrogens with zero attached hydrogens (tertiary/aromatic N) is 2. The lowest BCUT2D eigenvalue weighted by atomic mass is 10.0. The number of nitrogens with one attached hydrogen (secondary N) is 2. The predicted molar refractivity (Wildman–Crippen MR) is 81.0 cm³/mol. The number of anilines is 2. The molecule has 2 aromatic heterocycles. The molecule has 0 spiro atoms. The Morgan fingerprint density at radius 3 is 2.79 bits per heavy atom. The molecule has 0 aliphatic heterocycles. The van der Waals surface area contributed by atoms with E-state index in [1.54, 1.807) is 11.3 Å². The minimum Gasteiger partial charge on any atom is -0.394 e. The van der Waals surface area contributed by atoms with Crippen LogP contribution in [0.3, 0.4) is 0 Å². The molecule has 0 saturated carbocycles. The topological polar surface area (TPSA) is 70.1 Å². The summed E-state index contributed by atoms with van der Waals surface area (Å²) in [5, 5.41) is 19.0. The minimum absolute atomic E-state index is 0.0652. The lowest BCUT2D eigenvalue weighted by molar-refractivity contribution is 0.218. The van der Waals surface area contributed by atoms with Crippen molar-refractivity contribution < 1.29 is 5.11 Å². The number of aliphatic hydroxyl groups excluding tert-OH is 1. The van der Waals surface area contributed by atoms with Crippen molar-refractivity contribution in [2.45, 2.75) is 32.7 Å². The van der Waals surface area contributed by atoms with Gasteiger partial charge >= 0.3 is 0 Å². The molecule has 2 aromatic rings. The van der Waals surface area contributed by atoms with Crippen LogP contribution in [0, 0.1) is 0 Å². The molecule has 2 heterocycles. The van der Waals surface area contributed by atoms with Gasteiger partial charge in [-0.25, -0.2) is 4.98 Å². The largest absolute Gasteiger partial charge is 0.394 e. The second-order valence-corrected chi connectivity index (χ2v) is 5.66. The van der Waals surface area contributed by atoms with E-state index in [0.717, 1.165) is 29.0 Å². The van der Waals surface area contributed by atoms with Gasteiger partial charge in [0.1, 0.15) is 10.6 Å². The quantitative estimate of drug-likeness (QED) is 0.759. The lowest BCUT2D eigenvalue weighted by Gasteiger charge is -2.28. The Balaban J connectivity index is 2.42. The molecule has 0 amide bonds. The first-order valence-electron chi connectivity index (χ1n) is 6.50. The zero-order chi connectivity index (χ0) is 13.9. The normalized spacial score (nSPS) is 14.3. The second kappa shape index (κ2) is 5.71. The lowest BCUT2D eigenvalue weighted by Crippen LogP contribution is -2.38. The van der Waals surface area contributed by atoms with Crippen molar-refractivity contribution >= 4 is 33.3 Å². The smallest absolute Gasteiger partial charge is 0.226 e. The fourth-order valence-corrected chi connectivity index (χ4v) is 2.48. The highest BCUT2D eigenvalue weighted by atomic mass is 32.1. The average molecular weight is 280 g/mol. The van der Waals surface area contributed by atoms with Crippen LogP contribution >= 0.6 is 11.3 Å². The van der Waals surface area contributed by atoms with Crippen molar-refractivity contribution in [3.8, 4) is 0 Å². The van der Waals surface area contributed by atoms with Crippen molar-refractivity contribution in [2.24, 2.45) is 0 Å². The molecule has 19 heavy (non-hydrogen) atoms. The third-order valence-electron chi connectivity index (χ3n) is 3.21. The van der Waals surface area contributed by atoms with Gasteiger partial charge in [0.05, 0.1) is 17.5 Å². The first kappa shape index (κ1) is 14.0.